The minimum atomic E-state index is -4.39. The molecule has 4 rings (SSSR count). The normalized spacial score (nSPS) is 11.7. The zero-order valence-corrected chi connectivity index (χ0v) is 13.6. The molecule has 2 heterocycles. The summed E-state index contributed by atoms with van der Waals surface area (Å²) in [6, 6.07) is 11.3. The van der Waals surface area contributed by atoms with E-state index in [1.165, 1.54) is 24.5 Å². The number of nitrogens with zero attached hydrogens (tertiary/aromatic N) is 3. The van der Waals surface area contributed by atoms with Crippen LogP contribution in [0, 0.1) is 0 Å². The smallest absolute Gasteiger partial charge is 0.416 e. The van der Waals surface area contributed by atoms with Crippen molar-refractivity contribution in [2.24, 2.45) is 0 Å². The predicted molar refractivity (Wildman–Crippen MR) is 91.0 cm³/mol. The molecular weight excluding hydrogens is 361 g/mol. The number of halogens is 3. The molecule has 0 unspecified atom stereocenters. The molecule has 0 spiro atoms. The first-order chi connectivity index (χ1) is 12.9. The van der Waals surface area contributed by atoms with Crippen molar-refractivity contribution < 1.29 is 22.3 Å². The molecule has 0 amide bonds. The number of rotatable bonds is 3. The predicted octanol–water partition coefficient (Wildman–Crippen LogP) is 4.68. The number of hydrogen-bond acceptors (Lipinski definition) is 6. The van der Waals surface area contributed by atoms with Gasteiger partial charge >= 0.3 is 6.18 Å². The van der Waals surface area contributed by atoms with Crippen LogP contribution in [0.3, 0.4) is 0 Å². The minimum absolute atomic E-state index is 0.00850. The number of aromatic nitrogens is 3. The van der Waals surface area contributed by atoms with Crippen LogP contribution in [0.15, 0.2) is 59.3 Å². The third kappa shape index (κ3) is 3.39. The van der Waals surface area contributed by atoms with Gasteiger partial charge in [-0.25, -0.2) is 9.97 Å². The van der Waals surface area contributed by atoms with Gasteiger partial charge in [0.05, 0.1) is 11.3 Å². The maximum Gasteiger partial charge on any atom is 0.416 e. The lowest BCUT2D eigenvalue weighted by Gasteiger charge is -2.08. The average Bonchev–Trinajstić information content (AvgIpc) is 3.03. The van der Waals surface area contributed by atoms with Crippen molar-refractivity contribution in [3.63, 3.8) is 0 Å². The topological polar surface area (TPSA) is 87.1 Å². The van der Waals surface area contributed by atoms with Crippen LogP contribution in [-0.4, -0.2) is 15.0 Å². The van der Waals surface area contributed by atoms with Crippen molar-refractivity contribution in [2.75, 3.05) is 5.73 Å². The first-order valence-electron chi connectivity index (χ1n) is 7.73. The van der Waals surface area contributed by atoms with Gasteiger partial charge < -0.3 is 14.9 Å². The highest BCUT2D eigenvalue weighted by Gasteiger charge is 2.30. The van der Waals surface area contributed by atoms with E-state index in [0.29, 0.717) is 28.1 Å². The van der Waals surface area contributed by atoms with E-state index in [1.807, 2.05) is 0 Å². The fourth-order valence-electron chi connectivity index (χ4n) is 2.52. The number of oxazole rings is 1. The van der Waals surface area contributed by atoms with Crippen LogP contribution in [0.2, 0.25) is 0 Å². The number of benzene rings is 2. The summed E-state index contributed by atoms with van der Waals surface area (Å²) in [6.45, 7) is 0. The van der Waals surface area contributed by atoms with E-state index in [-0.39, 0.29) is 11.9 Å². The molecule has 6 nitrogen and oxygen atoms in total. The highest BCUT2D eigenvalue weighted by molar-refractivity contribution is 5.81. The van der Waals surface area contributed by atoms with E-state index < -0.39 is 11.7 Å². The second-order valence-electron chi connectivity index (χ2n) is 5.57. The van der Waals surface area contributed by atoms with Gasteiger partial charge in [0.15, 0.2) is 16.8 Å². The first-order valence-corrected chi connectivity index (χ1v) is 7.73. The summed E-state index contributed by atoms with van der Waals surface area (Å²) in [5.41, 5.74) is 6.64. The van der Waals surface area contributed by atoms with E-state index in [2.05, 4.69) is 15.0 Å². The average molecular weight is 372 g/mol. The van der Waals surface area contributed by atoms with Crippen LogP contribution < -0.4 is 10.5 Å². The number of hydrogen-bond donors (Lipinski definition) is 1. The molecule has 0 radical (unpaired) electrons. The van der Waals surface area contributed by atoms with Crippen LogP contribution in [0.1, 0.15) is 5.56 Å². The van der Waals surface area contributed by atoms with Gasteiger partial charge in [0.1, 0.15) is 6.33 Å². The molecule has 0 bridgehead atoms. The minimum Gasteiger partial charge on any atom is -0.436 e. The Labute approximate surface area is 150 Å². The molecule has 4 aromatic rings. The Bertz CT molecular complexity index is 1110. The van der Waals surface area contributed by atoms with E-state index in [0.717, 1.165) is 12.1 Å². The Hall–Kier alpha value is -3.62. The third-order valence-corrected chi connectivity index (χ3v) is 3.76. The molecule has 0 saturated heterocycles. The summed E-state index contributed by atoms with van der Waals surface area (Å²) in [7, 11) is 0. The second-order valence-corrected chi connectivity index (χ2v) is 5.57. The molecule has 2 aromatic heterocycles. The number of ether oxygens (including phenoxy) is 1. The maximum absolute atomic E-state index is 12.7. The Morgan fingerprint density at radius 1 is 1.00 bits per heavy atom. The zero-order valence-electron chi connectivity index (χ0n) is 13.6. The Morgan fingerprint density at radius 2 is 1.78 bits per heavy atom. The Balaban J connectivity index is 1.64. The molecule has 2 aromatic carbocycles. The van der Waals surface area contributed by atoms with E-state index in [4.69, 9.17) is 14.9 Å². The molecule has 0 saturated carbocycles. The number of nitrogens with two attached hydrogens (primary N) is 1. The van der Waals surface area contributed by atoms with Crippen LogP contribution in [0.4, 0.5) is 19.2 Å². The third-order valence-electron chi connectivity index (χ3n) is 3.76. The fourth-order valence-corrected chi connectivity index (χ4v) is 2.52. The summed E-state index contributed by atoms with van der Waals surface area (Å²) >= 11 is 0. The van der Waals surface area contributed by atoms with Crippen molar-refractivity contribution >= 4 is 17.1 Å². The number of alkyl halides is 3. The highest BCUT2D eigenvalue weighted by Crippen LogP contribution is 2.32. The number of anilines is 1. The lowest BCUT2D eigenvalue weighted by atomic mass is 10.1. The van der Waals surface area contributed by atoms with E-state index in [1.54, 1.807) is 18.2 Å². The molecule has 0 aliphatic heterocycles. The second kappa shape index (κ2) is 6.27. The van der Waals surface area contributed by atoms with Crippen LogP contribution in [-0.2, 0) is 6.18 Å². The molecule has 9 heteroatoms. The number of nitrogen functional groups attached to an aromatic ring is 1. The SMILES string of the molecule is Nc1nc2c(Oc3cc(-c4ccc(C(F)(F)F)cc4)ncn3)cccc2o1. The van der Waals surface area contributed by atoms with Gasteiger partial charge in [0, 0.05) is 11.6 Å². The van der Waals surface area contributed by atoms with Gasteiger partial charge in [0.2, 0.25) is 5.88 Å². The molecule has 0 fully saturated rings. The molecule has 136 valence electrons. The summed E-state index contributed by atoms with van der Waals surface area (Å²) in [4.78, 5) is 12.2. The molecule has 27 heavy (non-hydrogen) atoms. The molecule has 0 atom stereocenters. The first kappa shape index (κ1) is 16.8. The van der Waals surface area contributed by atoms with Crippen molar-refractivity contribution in [3.8, 4) is 22.9 Å². The van der Waals surface area contributed by atoms with Crippen molar-refractivity contribution in [2.45, 2.75) is 6.18 Å². The van der Waals surface area contributed by atoms with Gasteiger partial charge in [0.25, 0.3) is 6.01 Å². The maximum atomic E-state index is 12.7. The van der Waals surface area contributed by atoms with Gasteiger partial charge in [-0.05, 0) is 24.3 Å². The Kier molecular flexibility index (Phi) is 3.91. The fraction of sp³-hybridized carbons (Fsp3) is 0.0556. The molecular formula is C18H11F3N4O2. The van der Waals surface area contributed by atoms with Gasteiger partial charge in [-0.3, -0.25) is 0 Å². The van der Waals surface area contributed by atoms with Crippen LogP contribution in [0.25, 0.3) is 22.4 Å². The lowest BCUT2D eigenvalue weighted by Crippen LogP contribution is -2.04. The zero-order chi connectivity index (χ0) is 19.0. The highest BCUT2D eigenvalue weighted by atomic mass is 19.4. The monoisotopic (exact) mass is 372 g/mol. The Morgan fingerprint density at radius 3 is 2.52 bits per heavy atom. The number of fused-ring (bicyclic) bond motifs is 1. The van der Waals surface area contributed by atoms with Crippen molar-refractivity contribution in [1.82, 2.24) is 15.0 Å². The summed E-state index contributed by atoms with van der Waals surface area (Å²) in [6.07, 6.45) is -3.13. The van der Waals surface area contributed by atoms with E-state index >= 15 is 0 Å². The summed E-state index contributed by atoms with van der Waals surface area (Å²) < 4.78 is 49.0. The molecule has 2 N–H and O–H groups in total. The standard InChI is InChI=1S/C18H11F3N4O2/c19-18(20,21)11-6-4-10(5-7-11)12-8-15(24-9-23-12)26-13-2-1-3-14-16(13)25-17(22)27-14/h1-9H,(H2,22,25). The summed E-state index contributed by atoms with van der Waals surface area (Å²) in [5.74, 6) is 0.582. The van der Waals surface area contributed by atoms with Gasteiger partial charge in [-0.1, -0.05) is 18.2 Å². The quantitative estimate of drug-likeness (QED) is 0.562. The van der Waals surface area contributed by atoms with E-state index in [9.17, 15) is 13.2 Å². The summed E-state index contributed by atoms with van der Waals surface area (Å²) in [5, 5.41) is 0. The van der Waals surface area contributed by atoms with Crippen molar-refractivity contribution in [3.05, 3.63) is 60.4 Å². The van der Waals surface area contributed by atoms with Crippen LogP contribution >= 0.6 is 0 Å². The van der Waals surface area contributed by atoms with Crippen LogP contribution in [0.5, 0.6) is 11.6 Å². The number of para-hydroxylation sites is 1. The lowest BCUT2D eigenvalue weighted by molar-refractivity contribution is -0.137. The molecule has 0 aliphatic rings. The molecule has 0 aliphatic carbocycles. The van der Waals surface area contributed by atoms with Gasteiger partial charge in [-0.15, -0.1) is 0 Å². The van der Waals surface area contributed by atoms with Crippen molar-refractivity contribution in [1.29, 1.82) is 0 Å². The van der Waals surface area contributed by atoms with Gasteiger partial charge in [-0.2, -0.15) is 18.2 Å². The largest absolute Gasteiger partial charge is 0.436 e.